The first-order chi connectivity index (χ1) is 11.1. The van der Waals surface area contributed by atoms with Gasteiger partial charge in [0, 0.05) is 5.02 Å². The number of methoxy groups -OCH3 is 2. The van der Waals surface area contributed by atoms with Crippen LogP contribution in [0.15, 0.2) is 42.5 Å². The van der Waals surface area contributed by atoms with Crippen LogP contribution in [0, 0.1) is 0 Å². The van der Waals surface area contributed by atoms with E-state index < -0.39 is 11.8 Å². The molecule has 6 nitrogen and oxygen atoms in total. The number of hydrazine groups is 1. The number of carbonyl (C=O) groups excluding carboxylic acids is 2. The lowest BCUT2D eigenvalue weighted by Crippen LogP contribution is -2.41. The van der Waals surface area contributed by atoms with Crippen LogP contribution in [0.4, 0.5) is 0 Å². The molecule has 2 N–H and O–H groups in total. The molecule has 0 unspecified atom stereocenters. The summed E-state index contributed by atoms with van der Waals surface area (Å²) in [6.07, 6.45) is 0. The average Bonchev–Trinajstić information content (AvgIpc) is 2.59. The van der Waals surface area contributed by atoms with Crippen LogP contribution in [0.5, 0.6) is 11.5 Å². The van der Waals surface area contributed by atoms with Gasteiger partial charge in [0.1, 0.15) is 11.5 Å². The number of nitrogens with one attached hydrogen (secondary N) is 2. The summed E-state index contributed by atoms with van der Waals surface area (Å²) in [5.41, 5.74) is 5.21. The largest absolute Gasteiger partial charge is 0.496 e. The van der Waals surface area contributed by atoms with Crippen molar-refractivity contribution in [2.45, 2.75) is 0 Å². The molecule has 0 aliphatic rings. The Balaban J connectivity index is 2.09. The van der Waals surface area contributed by atoms with Gasteiger partial charge < -0.3 is 9.47 Å². The number of amides is 2. The van der Waals surface area contributed by atoms with E-state index in [0.29, 0.717) is 22.1 Å². The smallest absolute Gasteiger partial charge is 0.273 e. The number of hydrogen-bond donors (Lipinski definition) is 2. The molecule has 0 atom stereocenters. The van der Waals surface area contributed by atoms with Gasteiger partial charge in [-0.05, 0) is 30.3 Å². The van der Waals surface area contributed by atoms with Crippen molar-refractivity contribution in [3.63, 3.8) is 0 Å². The van der Waals surface area contributed by atoms with Crippen molar-refractivity contribution in [3.05, 3.63) is 58.6 Å². The summed E-state index contributed by atoms with van der Waals surface area (Å²) in [5.74, 6) is -0.310. The quantitative estimate of drug-likeness (QED) is 0.842. The monoisotopic (exact) mass is 334 g/mol. The zero-order chi connectivity index (χ0) is 16.8. The Morgan fingerprint density at radius 1 is 0.870 bits per heavy atom. The molecule has 2 rings (SSSR count). The molecule has 0 radical (unpaired) electrons. The highest BCUT2D eigenvalue weighted by atomic mass is 35.5. The van der Waals surface area contributed by atoms with Gasteiger partial charge >= 0.3 is 0 Å². The lowest BCUT2D eigenvalue weighted by Gasteiger charge is -2.12. The summed E-state index contributed by atoms with van der Waals surface area (Å²) < 4.78 is 10.2. The van der Waals surface area contributed by atoms with Crippen molar-refractivity contribution in [1.29, 1.82) is 0 Å². The van der Waals surface area contributed by atoms with Gasteiger partial charge in [0.25, 0.3) is 11.8 Å². The van der Waals surface area contributed by atoms with Crippen LogP contribution in [0.2, 0.25) is 5.02 Å². The summed E-state index contributed by atoms with van der Waals surface area (Å²) in [6, 6.07) is 11.3. The maximum Gasteiger partial charge on any atom is 0.273 e. The Hall–Kier alpha value is -2.73. The second kappa shape index (κ2) is 7.51. The van der Waals surface area contributed by atoms with E-state index in [1.165, 1.54) is 26.4 Å². The number of para-hydroxylation sites is 1. The van der Waals surface area contributed by atoms with Gasteiger partial charge in [0.2, 0.25) is 0 Å². The van der Waals surface area contributed by atoms with Crippen LogP contribution < -0.4 is 20.3 Å². The molecule has 2 aromatic carbocycles. The van der Waals surface area contributed by atoms with Crippen molar-refractivity contribution < 1.29 is 19.1 Å². The molecule has 0 saturated heterocycles. The van der Waals surface area contributed by atoms with Gasteiger partial charge in [-0.3, -0.25) is 20.4 Å². The van der Waals surface area contributed by atoms with E-state index in [4.69, 9.17) is 21.1 Å². The van der Waals surface area contributed by atoms with Crippen LogP contribution in [-0.4, -0.2) is 26.0 Å². The van der Waals surface area contributed by atoms with Gasteiger partial charge in [-0.1, -0.05) is 23.7 Å². The number of benzene rings is 2. The number of halogens is 1. The van der Waals surface area contributed by atoms with Crippen molar-refractivity contribution >= 4 is 23.4 Å². The minimum Gasteiger partial charge on any atom is -0.496 e. The van der Waals surface area contributed by atoms with Crippen molar-refractivity contribution in [1.82, 2.24) is 10.9 Å². The number of ether oxygens (including phenoxy) is 2. The van der Waals surface area contributed by atoms with Gasteiger partial charge in [-0.2, -0.15) is 0 Å². The van der Waals surface area contributed by atoms with E-state index in [1.807, 2.05) is 0 Å². The van der Waals surface area contributed by atoms with E-state index in [-0.39, 0.29) is 5.56 Å². The van der Waals surface area contributed by atoms with E-state index in [9.17, 15) is 9.59 Å². The van der Waals surface area contributed by atoms with Gasteiger partial charge in [0.05, 0.1) is 25.3 Å². The second-order valence-corrected chi connectivity index (χ2v) is 4.89. The maximum atomic E-state index is 12.1. The molecule has 0 bridgehead atoms. The minimum absolute atomic E-state index is 0.247. The topological polar surface area (TPSA) is 76.7 Å². The standard InChI is InChI=1S/C16H15ClN2O4/c1-22-13-6-4-3-5-11(13)15(20)18-19-16(21)12-8-7-10(17)9-14(12)23-2/h3-9H,1-2H3,(H,18,20)(H,19,21). The van der Waals surface area contributed by atoms with Crippen molar-refractivity contribution in [3.8, 4) is 11.5 Å². The Morgan fingerprint density at radius 2 is 1.43 bits per heavy atom. The molecule has 0 fully saturated rings. The molecule has 0 aliphatic carbocycles. The highest BCUT2D eigenvalue weighted by molar-refractivity contribution is 6.30. The molecule has 2 amide bonds. The zero-order valence-electron chi connectivity index (χ0n) is 12.6. The molecule has 0 spiro atoms. The average molecular weight is 335 g/mol. The highest BCUT2D eigenvalue weighted by Crippen LogP contribution is 2.23. The summed E-state index contributed by atoms with van der Waals surface area (Å²) in [5, 5.41) is 0.441. The van der Waals surface area contributed by atoms with E-state index in [2.05, 4.69) is 10.9 Å². The molecule has 2 aromatic rings. The highest BCUT2D eigenvalue weighted by Gasteiger charge is 2.15. The lowest BCUT2D eigenvalue weighted by atomic mass is 10.2. The minimum atomic E-state index is -0.526. The fourth-order valence-electron chi connectivity index (χ4n) is 1.93. The van der Waals surface area contributed by atoms with Crippen LogP contribution in [0.25, 0.3) is 0 Å². The van der Waals surface area contributed by atoms with Crippen LogP contribution >= 0.6 is 11.6 Å². The SMILES string of the molecule is COc1ccccc1C(=O)NNC(=O)c1ccc(Cl)cc1OC. The van der Waals surface area contributed by atoms with Crippen LogP contribution in [0.1, 0.15) is 20.7 Å². The Morgan fingerprint density at radius 3 is 2.04 bits per heavy atom. The Kier molecular flexibility index (Phi) is 5.43. The molecular formula is C16H15ClN2O4. The molecule has 7 heteroatoms. The van der Waals surface area contributed by atoms with Gasteiger partial charge in [-0.25, -0.2) is 0 Å². The molecule has 0 aliphatic heterocycles. The fraction of sp³-hybridized carbons (Fsp3) is 0.125. The molecule has 0 saturated carbocycles. The molecule has 23 heavy (non-hydrogen) atoms. The summed E-state index contributed by atoms with van der Waals surface area (Å²) in [4.78, 5) is 24.3. The molecular weight excluding hydrogens is 320 g/mol. The first-order valence-electron chi connectivity index (χ1n) is 6.64. The first kappa shape index (κ1) is 16.6. The van der Waals surface area contributed by atoms with Gasteiger partial charge in [-0.15, -0.1) is 0 Å². The third-order valence-corrected chi connectivity index (χ3v) is 3.28. The van der Waals surface area contributed by atoms with E-state index in [1.54, 1.807) is 30.3 Å². The first-order valence-corrected chi connectivity index (χ1v) is 7.02. The van der Waals surface area contributed by atoms with Crippen LogP contribution in [-0.2, 0) is 0 Å². The third kappa shape index (κ3) is 3.92. The van der Waals surface area contributed by atoms with Crippen LogP contribution in [0.3, 0.4) is 0 Å². The number of hydrogen-bond acceptors (Lipinski definition) is 4. The van der Waals surface area contributed by atoms with E-state index >= 15 is 0 Å². The number of carbonyl (C=O) groups is 2. The van der Waals surface area contributed by atoms with E-state index in [0.717, 1.165) is 0 Å². The third-order valence-electron chi connectivity index (χ3n) is 3.05. The van der Waals surface area contributed by atoms with Crippen molar-refractivity contribution in [2.75, 3.05) is 14.2 Å². The molecule has 0 heterocycles. The second-order valence-electron chi connectivity index (χ2n) is 4.45. The Labute approximate surface area is 138 Å². The Bertz CT molecular complexity index is 734. The number of rotatable bonds is 4. The van der Waals surface area contributed by atoms with Crippen molar-refractivity contribution in [2.24, 2.45) is 0 Å². The summed E-state index contributed by atoms with van der Waals surface area (Å²) >= 11 is 5.85. The summed E-state index contributed by atoms with van der Waals surface area (Å²) in [7, 11) is 2.89. The predicted molar refractivity (Wildman–Crippen MR) is 85.9 cm³/mol. The fourth-order valence-corrected chi connectivity index (χ4v) is 2.10. The van der Waals surface area contributed by atoms with Gasteiger partial charge in [0.15, 0.2) is 0 Å². The zero-order valence-corrected chi connectivity index (χ0v) is 13.3. The predicted octanol–water partition coefficient (Wildman–Crippen LogP) is 2.43. The molecule has 120 valence electrons. The normalized spacial score (nSPS) is 9.87. The summed E-state index contributed by atoms with van der Waals surface area (Å²) in [6.45, 7) is 0. The molecule has 0 aromatic heterocycles. The maximum absolute atomic E-state index is 12.1. The lowest BCUT2D eigenvalue weighted by molar-refractivity contribution is 0.0843.